The van der Waals surface area contributed by atoms with Crippen molar-refractivity contribution in [3.05, 3.63) is 162 Å². The van der Waals surface area contributed by atoms with Crippen LogP contribution in [0.15, 0.2) is 140 Å². The monoisotopic (exact) mass is 673 g/mol. The molecule has 5 nitrogen and oxygen atoms in total. The summed E-state index contributed by atoms with van der Waals surface area (Å²) >= 11 is 0. The minimum absolute atomic E-state index is 0. The number of halogens is 1. The van der Waals surface area contributed by atoms with E-state index >= 15 is 0 Å². The highest BCUT2D eigenvalue weighted by Gasteiger charge is 2.55. The minimum atomic E-state index is -0.888. The molecule has 5 atom stereocenters. The molecule has 0 unspecified atom stereocenters. The number of fused-ring (bicyclic) bond motifs is 4. The number of para-hydroxylation sites is 1. The second kappa shape index (κ2) is 13.3. The van der Waals surface area contributed by atoms with Crippen LogP contribution in [0.1, 0.15) is 41.2 Å². The van der Waals surface area contributed by atoms with Crippen molar-refractivity contribution in [1.29, 1.82) is 0 Å². The van der Waals surface area contributed by atoms with E-state index in [1.807, 2.05) is 84.9 Å². The molecule has 3 aliphatic heterocycles. The number of rotatable bonds is 9. The normalized spacial score (nSPS) is 22.8. The smallest absolute Gasteiger partial charge is 0.276 e. The Morgan fingerprint density at radius 1 is 0.891 bits per heavy atom. The average Bonchev–Trinajstić information content (AvgIpc) is 3.11. The van der Waals surface area contributed by atoms with Gasteiger partial charge in [-0.15, -0.1) is 6.58 Å². The Morgan fingerprint density at radius 2 is 1.46 bits per heavy atom. The number of aromatic nitrogens is 1. The SMILES string of the molecule is C=C[C@H]1C[N@+]2(CC(=O)NC(c3ccccc3)(c3ccccc3)c3ccccc3)CC[C@H]1C[C@@H]2[C@@H](O)c1ccnc2ccccc12.[Br-]. The number of hydrogen-bond donors (Lipinski definition) is 2. The van der Waals surface area contributed by atoms with Gasteiger partial charge in [0.15, 0.2) is 6.54 Å². The summed E-state index contributed by atoms with van der Waals surface area (Å²) in [6.07, 6.45) is 5.01. The molecule has 1 amide bonds. The topological polar surface area (TPSA) is 62.2 Å². The highest BCUT2D eigenvalue weighted by molar-refractivity contribution is 5.82. The van der Waals surface area contributed by atoms with Crippen molar-refractivity contribution in [2.45, 2.75) is 30.5 Å². The number of aliphatic hydroxyl groups excluding tert-OH is 1. The van der Waals surface area contributed by atoms with Crippen LogP contribution >= 0.6 is 0 Å². The Hall–Kier alpha value is -4.10. The summed E-state index contributed by atoms with van der Waals surface area (Å²) < 4.78 is 0.533. The number of benzene rings is 4. The van der Waals surface area contributed by atoms with Crippen LogP contribution in [0.25, 0.3) is 10.9 Å². The van der Waals surface area contributed by atoms with Gasteiger partial charge in [-0.2, -0.15) is 0 Å². The van der Waals surface area contributed by atoms with Gasteiger partial charge in [0.05, 0.1) is 18.6 Å². The summed E-state index contributed by atoms with van der Waals surface area (Å²) in [5.74, 6) is 0.730. The third-order valence-corrected chi connectivity index (χ3v) is 10.4. The molecule has 0 spiro atoms. The fraction of sp³-hybridized carbons (Fsp3) is 0.250. The first-order valence-corrected chi connectivity index (χ1v) is 16.0. The molecule has 5 aromatic rings. The lowest BCUT2D eigenvalue weighted by Crippen LogP contribution is -3.00. The third-order valence-electron chi connectivity index (χ3n) is 10.4. The van der Waals surface area contributed by atoms with Crippen molar-refractivity contribution in [1.82, 2.24) is 10.3 Å². The quantitative estimate of drug-likeness (QED) is 0.142. The van der Waals surface area contributed by atoms with E-state index in [2.05, 4.69) is 59.4 Å². The van der Waals surface area contributed by atoms with Crippen LogP contribution in [0, 0.1) is 11.8 Å². The molecule has 4 aromatic carbocycles. The van der Waals surface area contributed by atoms with E-state index in [4.69, 9.17) is 0 Å². The van der Waals surface area contributed by atoms with Crippen LogP contribution < -0.4 is 22.3 Å². The molecule has 6 heteroatoms. The van der Waals surface area contributed by atoms with E-state index in [9.17, 15) is 9.90 Å². The van der Waals surface area contributed by atoms with Crippen LogP contribution in [-0.2, 0) is 10.3 Å². The fourth-order valence-electron chi connectivity index (χ4n) is 8.28. The average molecular weight is 675 g/mol. The van der Waals surface area contributed by atoms with E-state index < -0.39 is 11.6 Å². The molecule has 3 fully saturated rings. The van der Waals surface area contributed by atoms with Gasteiger partial charge in [-0.3, -0.25) is 9.78 Å². The van der Waals surface area contributed by atoms with Gasteiger partial charge in [-0.25, -0.2) is 0 Å². The summed E-state index contributed by atoms with van der Waals surface area (Å²) in [7, 11) is 0. The molecular weight excluding hydrogens is 634 g/mol. The molecule has 46 heavy (non-hydrogen) atoms. The molecular formula is C40H40BrN3O2. The summed E-state index contributed by atoms with van der Waals surface area (Å²) in [5, 5.41) is 16.7. The lowest BCUT2D eigenvalue weighted by atomic mass is 9.71. The van der Waals surface area contributed by atoms with Crippen LogP contribution in [0.2, 0.25) is 0 Å². The highest BCUT2D eigenvalue weighted by atomic mass is 79.9. The summed E-state index contributed by atoms with van der Waals surface area (Å²) in [4.78, 5) is 19.2. The molecule has 8 rings (SSSR count). The van der Waals surface area contributed by atoms with Crippen molar-refractivity contribution >= 4 is 16.8 Å². The van der Waals surface area contributed by atoms with E-state index in [0.717, 1.165) is 59.1 Å². The first-order chi connectivity index (χ1) is 22.0. The Balaban J connectivity index is 0.00000372. The summed E-state index contributed by atoms with van der Waals surface area (Å²) in [5.41, 5.74) is 3.86. The lowest BCUT2D eigenvalue weighted by molar-refractivity contribution is -0.966. The van der Waals surface area contributed by atoms with Gasteiger partial charge in [0.25, 0.3) is 5.91 Å². The van der Waals surface area contributed by atoms with Crippen molar-refractivity contribution in [3.63, 3.8) is 0 Å². The number of piperidine rings is 3. The van der Waals surface area contributed by atoms with E-state index in [-0.39, 0.29) is 35.5 Å². The maximum Gasteiger partial charge on any atom is 0.276 e. The summed E-state index contributed by atoms with van der Waals surface area (Å²) in [6.45, 7) is 6.10. The first kappa shape index (κ1) is 31.9. The predicted octanol–water partition coefficient (Wildman–Crippen LogP) is 3.79. The number of nitrogens with one attached hydrogen (secondary N) is 1. The molecule has 1 aromatic heterocycles. The Labute approximate surface area is 282 Å². The first-order valence-electron chi connectivity index (χ1n) is 16.0. The second-order valence-electron chi connectivity index (χ2n) is 12.8. The van der Waals surface area contributed by atoms with Gasteiger partial charge in [0.1, 0.15) is 17.7 Å². The zero-order valence-corrected chi connectivity index (χ0v) is 27.5. The largest absolute Gasteiger partial charge is 1.00 e. The number of carbonyl (C=O) groups excluding carboxylic acids is 1. The van der Waals surface area contributed by atoms with Crippen LogP contribution in [-0.4, -0.2) is 46.2 Å². The van der Waals surface area contributed by atoms with Gasteiger partial charge >= 0.3 is 0 Å². The van der Waals surface area contributed by atoms with Crippen molar-refractivity contribution in [2.75, 3.05) is 19.6 Å². The minimum Gasteiger partial charge on any atom is -1.00 e. The van der Waals surface area contributed by atoms with Gasteiger partial charge in [0, 0.05) is 30.3 Å². The number of quaternary nitrogens is 1. The fourth-order valence-corrected chi connectivity index (χ4v) is 8.28. The number of aliphatic hydroxyl groups is 1. The van der Waals surface area contributed by atoms with Crippen molar-refractivity contribution in [3.8, 4) is 0 Å². The zero-order valence-electron chi connectivity index (χ0n) is 25.9. The zero-order chi connectivity index (χ0) is 30.9. The standard InChI is InChI=1S/C40H39N3O2.BrH/c1-2-29-27-43(25-23-30(29)26-37(43)39(45)35-22-24-41-36-21-13-12-20-34(35)36)28-38(44)42-40(31-14-6-3-7-15-31,32-16-8-4-9-17-32)33-18-10-5-11-19-33;/h2-22,24,29-30,37,39,45H,1,23,25-28H2;1H/t29-,30-,37+,39-,43-;/m0./s1. The molecule has 234 valence electrons. The molecule has 0 radical (unpaired) electrons. The van der Waals surface area contributed by atoms with E-state index in [0.29, 0.717) is 16.3 Å². The summed E-state index contributed by atoms with van der Waals surface area (Å²) in [6, 6.07) is 40.6. The Kier molecular flexibility index (Phi) is 9.23. The molecule has 2 N–H and O–H groups in total. The maximum absolute atomic E-state index is 14.7. The van der Waals surface area contributed by atoms with Gasteiger partial charge < -0.3 is 31.9 Å². The van der Waals surface area contributed by atoms with Gasteiger partial charge in [-0.05, 0) is 40.3 Å². The molecule has 4 heterocycles. The predicted molar refractivity (Wildman–Crippen MR) is 179 cm³/mol. The van der Waals surface area contributed by atoms with Gasteiger partial charge in [0.2, 0.25) is 0 Å². The number of carbonyl (C=O) groups is 1. The van der Waals surface area contributed by atoms with Crippen LogP contribution in [0.4, 0.5) is 0 Å². The van der Waals surface area contributed by atoms with Crippen LogP contribution in [0.5, 0.6) is 0 Å². The Morgan fingerprint density at radius 3 is 2.04 bits per heavy atom. The number of pyridine rings is 1. The van der Waals surface area contributed by atoms with Gasteiger partial charge in [-0.1, -0.05) is 115 Å². The van der Waals surface area contributed by atoms with Crippen LogP contribution in [0.3, 0.4) is 0 Å². The molecule has 0 aliphatic carbocycles. The molecule has 3 aliphatic rings. The number of hydrogen-bond acceptors (Lipinski definition) is 3. The highest BCUT2D eigenvalue weighted by Crippen LogP contribution is 2.47. The number of nitrogens with zero attached hydrogens (tertiary/aromatic N) is 2. The van der Waals surface area contributed by atoms with Crippen molar-refractivity contribution < 1.29 is 31.4 Å². The lowest BCUT2D eigenvalue weighted by Gasteiger charge is -2.57. The molecule has 3 saturated heterocycles. The third kappa shape index (κ3) is 5.59. The number of amides is 1. The molecule has 2 bridgehead atoms. The second-order valence-corrected chi connectivity index (χ2v) is 12.8. The Bertz CT molecular complexity index is 1700. The maximum atomic E-state index is 14.7. The van der Waals surface area contributed by atoms with Crippen molar-refractivity contribution in [2.24, 2.45) is 11.8 Å². The van der Waals surface area contributed by atoms with E-state index in [1.165, 1.54) is 0 Å². The van der Waals surface area contributed by atoms with E-state index in [1.54, 1.807) is 6.20 Å². The molecule has 0 saturated carbocycles.